The van der Waals surface area contributed by atoms with Gasteiger partial charge in [0.05, 0.1) is 5.56 Å². The van der Waals surface area contributed by atoms with Crippen LogP contribution in [0.4, 0.5) is 14.5 Å². The van der Waals surface area contributed by atoms with Crippen molar-refractivity contribution >= 4 is 28.8 Å². The summed E-state index contributed by atoms with van der Waals surface area (Å²) >= 11 is 2.00. The molecule has 0 unspecified atom stereocenters. The first-order chi connectivity index (χ1) is 9.19. The number of anilines is 1. The molecule has 98 valence electrons. The number of nitriles is 1. The molecule has 0 saturated heterocycles. The lowest BCUT2D eigenvalue weighted by Gasteiger charge is -2.10. The molecule has 1 aromatic heterocycles. The molecular formula is C13H10F2N2S2. The maximum atomic E-state index is 12.4. The molecule has 0 bridgehead atoms. The molecule has 0 amide bonds. The summed E-state index contributed by atoms with van der Waals surface area (Å²) in [6, 6.07) is 10.8. The van der Waals surface area contributed by atoms with Crippen LogP contribution in [0.3, 0.4) is 0 Å². The zero-order valence-corrected chi connectivity index (χ0v) is 11.4. The van der Waals surface area contributed by atoms with Gasteiger partial charge in [0.1, 0.15) is 6.07 Å². The molecule has 0 aliphatic heterocycles. The quantitative estimate of drug-likeness (QED) is 0.822. The number of hydrogen-bond acceptors (Lipinski definition) is 4. The zero-order valence-electron chi connectivity index (χ0n) is 9.77. The van der Waals surface area contributed by atoms with E-state index in [9.17, 15) is 8.78 Å². The monoisotopic (exact) mass is 296 g/mol. The maximum absolute atomic E-state index is 12.4. The van der Waals surface area contributed by atoms with Gasteiger partial charge < -0.3 is 5.32 Å². The fraction of sp³-hybridized carbons (Fsp3) is 0.154. The Bertz CT molecular complexity index is 590. The summed E-state index contributed by atoms with van der Waals surface area (Å²) in [5.41, 5.74) is 1.30. The van der Waals surface area contributed by atoms with E-state index in [0.29, 0.717) is 34.5 Å². The van der Waals surface area contributed by atoms with Crippen molar-refractivity contribution in [2.45, 2.75) is 17.2 Å². The second-order valence-corrected chi connectivity index (χ2v) is 5.67. The predicted octanol–water partition coefficient (Wildman–Crippen LogP) is 4.55. The lowest BCUT2D eigenvalue weighted by Crippen LogP contribution is -1.99. The Hall–Kier alpha value is -1.58. The number of thiophene rings is 1. The number of rotatable bonds is 5. The van der Waals surface area contributed by atoms with Crippen LogP contribution < -0.4 is 5.32 Å². The van der Waals surface area contributed by atoms with Gasteiger partial charge in [0.2, 0.25) is 0 Å². The zero-order chi connectivity index (χ0) is 13.7. The van der Waals surface area contributed by atoms with Crippen molar-refractivity contribution < 1.29 is 8.78 Å². The number of para-hydroxylation sites is 1. The van der Waals surface area contributed by atoms with Crippen molar-refractivity contribution in [3.63, 3.8) is 0 Å². The van der Waals surface area contributed by atoms with Crippen LogP contribution in [0, 0.1) is 11.3 Å². The fourth-order valence-electron chi connectivity index (χ4n) is 1.53. The summed E-state index contributed by atoms with van der Waals surface area (Å²) in [7, 11) is 0. The highest BCUT2D eigenvalue weighted by Crippen LogP contribution is 2.32. The molecule has 1 N–H and O–H groups in total. The van der Waals surface area contributed by atoms with Gasteiger partial charge in [0, 0.05) is 27.4 Å². The molecule has 0 atom stereocenters. The van der Waals surface area contributed by atoms with E-state index >= 15 is 0 Å². The van der Waals surface area contributed by atoms with Crippen molar-refractivity contribution in [2.24, 2.45) is 0 Å². The third-order valence-corrected chi connectivity index (χ3v) is 4.06. The van der Waals surface area contributed by atoms with Crippen molar-refractivity contribution in [1.29, 1.82) is 5.26 Å². The Kier molecular flexibility index (Phi) is 4.77. The van der Waals surface area contributed by atoms with Crippen LogP contribution in [-0.2, 0) is 6.54 Å². The molecule has 0 radical (unpaired) electrons. The average Bonchev–Trinajstić information content (AvgIpc) is 2.85. The minimum atomic E-state index is -2.44. The maximum Gasteiger partial charge on any atom is 0.288 e. The van der Waals surface area contributed by atoms with Gasteiger partial charge >= 0.3 is 0 Å². The summed E-state index contributed by atoms with van der Waals surface area (Å²) in [6.07, 6.45) is 0. The van der Waals surface area contributed by atoms with Crippen LogP contribution in [0.15, 0.2) is 40.6 Å². The number of nitrogens with one attached hydrogen (secondary N) is 1. The number of halogens is 2. The van der Waals surface area contributed by atoms with Crippen LogP contribution in [-0.4, -0.2) is 5.76 Å². The normalized spacial score (nSPS) is 10.4. The van der Waals surface area contributed by atoms with Gasteiger partial charge in [0.25, 0.3) is 5.76 Å². The van der Waals surface area contributed by atoms with Gasteiger partial charge in [-0.3, -0.25) is 0 Å². The van der Waals surface area contributed by atoms with Crippen molar-refractivity contribution in [3.05, 3.63) is 46.2 Å². The van der Waals surface area contributed by atoms with Crippen LogP contribution in [0.5, 0.6) is 0 Å². The van der Waals surface area contributed by atoms with E-state index in [4.69, 9.17) is 5.26 Å². The first kappa shape index (κ1) is 13.8. The third kappa shape index (κ3) is 3.94. The van der Waals surface area contributed by atoms with Crippen molar-refractivity contribution in [3.8, 4) is 6.07 Å². The van der Waals surface area contributed by atoms with E-state index in [1.165, 1.54) is 11.3 Å². The van der Waals surface area contributed by atoms with Crippen LogP contribution >= 0.6 is 23.1 Å². The highest BCUT2D eigenvalue weighted by molar-refractivity contribution is 7.99. The third-order valence-electron chi connectivity index (χ3n) is 2.34. The fourth-order valence-corrected chi connectivity index (χ4v) is 2.89. The Morgan fingerprint density at radius 1 is 1.37 bits per heavy atom. The van der Waals surface area contributed by atoms with Crippen LogP contribution in [0.2, 0.25) is 0 Å². The van der Waals surface area contributed by atoms with Crippen LogP contribution in [0.1, 0.15) is 10.4 Å². The van der Waals surface area contributed by atoms with E-state index in [1.54, 1.807) is 35.7 Å². The Morgan fingerprint density at radius 2 is 2.16 bits per heavy atom. The van der Waals surface area contributed by atoms with Gasteiger partial charge in [0.15, 0.2) is 0 Å². The minimum Gasteiger partial charge on any atom is -0.379 e. The SMILES string of the molecule is N#Cc1csc(CNc2ccccc2SC(F)F)c1. The van der Waals surface area contributed by atoms with Gasteiger partial charge in [-0.25, -0.2) is 0 Å². The molecule has 0 aliphatic carbocycles. The topological polar surface area (TPSA) is 35.8 Å². The molecule has 6 heteroatoms. The lowest BCUT2D eigenvalue weighted by atomic mass is 10.3. The number of thioether (sulfide) groups is 1. The molecular weight excluding hydrogens is 286 g/mol. The molecule has 0 aliphatic rings. The summed E-state index contributed by atoms with van der Waals surface area (Å²) in [6.45, 7) is 0.521. The molecule has 1 aromatic carbocycles. The number of alkyl halides is 2. The largest absolute Gasteiger partial charge is 0.379 e. The van der Waals surface area contributed by atoms with Crippen molar-refractivity contribution in [1.82, 2.24) is 0 Å². The average molecular weight is 296 g/mol. The summed E-state index contributed by atoms with van der Waals surface area (Å²) in [4.78, 5) is 1.52. The van der Waals surface area contributed by atoms with Crippen molar-refractivity contribution in [2.75, 3.05) is 5.32 Å². The smallest absolute Gasteiger partial charge is 0.288 e. The van der Waals surface area contributed by atoms with E-state index in [-0.39, 0.29) is 0 Å². The second kappa shape index (κ2) is 6.55. The highest BCUT2D eigenvalue weighted by Gasteiger charge is 2.09. The first-order valence-corrected chi connectivity index (χ1v) is 7.20. The van der Waals surface area contributed by atoms with E-state index in [0.717, 1.165) is 4.88 Å². The molecule has 2 rings (SSSR count). The molecule has 0 saturated carbocycles. The molecule has 0 spiro atoms. The van der Waals surface area contributed by atoms with E-state index in [1.807, 2.05) is 0 Å². The van der Waals surface area contributed by atoms with Crippen LogP contribution in [0.25, 0.3) is 0 Å². The summed E-state index contributed by atoms with van der Waals surface area (Å²) in [5, 5.41) is 13.6. The van der Waals surface area contributed by atoms with E-state index in [2.05, 4.69) is 11.4 Å². The molecule has 1 heterocycles. The Morgan fingerprint density at radius 3 is 2.84 bits per heavy atom. The highest BCUT2D eigenvalue weighted by atomic mass is 32.2. The molecule has 2 aromatic rings. The lowest BCUT2D eigenvalue weighted by molar-refractivity contribution is 0.252. The Labute approximate surface area is 118 Å². The molecule has 0 fully saturated rings. The number of benzene rings is 1. The van der Waals surface area contributed by atoms with Gasteiger partial charge in [-0.2, -0.15) is 14.0 Å². The number of nitrogens with zero attached hydrogens (tertiary/aromatic N) is 1. The second-order valence-electron chi connectivity index (χ2n) is 3.64. The Balaban J connectivity index is 2.05. The number of hydrogen-bond donors (Lipinski definition) is 1. The molecule has 19 heavy (non-hydrogen) atoms. The van der Waals surface area contributed by atoms with E-state index < -0.39 is 5.76 Å². The summed E-state index contributed by atoms with van der Waals surface area (Å²) < 4.78 is 24.8. The first-order valence-electron chi connectivity index (χ1n) is 5.44. The van der Waals surface area contributed by atoms with Gasteiger partial charge in [-0.1, -0.05) is 23.9 Å². The van der Waals surface area contributed by atoms with Gasteiger partial charge in [-0.05, 0) is 18.2 Å². The molecule has 2 nitrogen and oxygen atoms in total. The summed E-state index contributed by atoms with van der Waals surface area (Å²) in [5.74, 6) is -2.44. The minimum absolute atomic E-state index is 0.521. The van der Waals surface area contributed by atoms with Gasteiger partial charge in [-0.15, -0.1) is 11.3 Å². The predicted molar refractivity (Wildman–Crippen MR) is 74.7 cm³/mol. The standard InChI is InChI=1S/C13H10F2N2S2/c14-13(15)19-12-4-2-1-3-11(12)17-7-10-5-9(6-16)8-18-10/h1-5,8,13,17H,7H2.